The van der Waals surface area contributed by atoms with Crippen LogP contribution in [-0.4, -0.2) is 30.4 Å². The first kappa shape index (κ1) is 16.0. The molecule has 0 saturated carbocycles. The molecular weight excluding hydrogens is 260 g/mol. The molecule has 1 unspecified atom stereocenters. The summed E-state index contributed by atoms with van der Waals surface area (Å²) < 4.78 is 0. The Morgan fingerprint density at radius 2 is 2.05 bits per heavy atom. The van der Waals surface area contributed by atoms with Gasteiger partial charge in [-0.2, -0.15) is 0 Å². The predicted molar refractivity (Wildman–Crippen MR) is 80.4 cm³/mol. The Labute approximate surface area is 120 Å². The fourth-order valence-corrected chi connectivity index (χ4v) is 2.05. The average molecular weight is 283 g/mol. The minimum absolute atomic E-state index is 0.0326. The summed E-state index contributed by atoms with van der Waals surface area (Å²) in [7, 11) is 1.84. The Balaban J connectivity index is 2.56. The van der Waals surface area contributed by atoms with Crippen LogP contribution in [0, 0.1) is 0 Å². The van der Waals surface area contributed by atoms with Gasteiger partial charge >= 0.3 is 0 Å². The van der Waals surface area contributed by atoms with Crippen molar-refractivity contribution in [1.82, 2.24) is 10.2 Å². The zero-order chi connectivity index (χ0) is 14.4. The number of hydrogen-bond acceptors (Lipinski definition) is 2. The van der Waals surface area contributed by atoms with E-state index in [1.807, 2.05) is 38.2 Å². The minimum Gasteiger partial charge on any atom is -0.339 e. The molecule has 1 aromatic carbocycles. The molecule has 0 aliphatic heterocycles. The summed E-state index contributed by atoms with van der Waals surface area (Å²) >= 11 is 5.98. The van der Waals surface area contributed by atoms with Gasteiger partial charge in [-0.3, -0.25) is 4.79 Å². The van der Waals surface area contributed by atoms with E-state index >= 15 is 0 Å². The van der Waals surface area contributed by atoms with Gasteiger partial charge in [0, 0.05) is 31.1 Å². The van der Waals surface area contributed by atoms with E-state index in [2.05, 4.69) is 19.2 Å². The number of benzene rings is 1. The summed E-state index contributed by atoms with van der Waals surface area (Å²) in [6, 6.07) is 8.09. The number of halogens is 1. The van der Waals surface area contributed by atoms with Crippen LogP contribution in [0.2, 0.25) is 5.02 Å². The van der Waals surface area contributed by atoms with Gasteiger partial charge in [0.2, 0.25) is 5.91 Å². The van der Waals surface area contributed by atoms with Crippen molar-refractivity contribution in [3.63, 3.8) is 0 Å². The lowest BCUT2D eigenvalue weighted by atomic mass is 10.1. The van der Waals surface area contributed by atoms with Crippen LogP contribution in [0.1, 0.15) is 38.8 Å². The molecule has 0 fully saturated rings. The standard InChI is InChI=1S/C15H23ClN2O/c1-11(2)17-9-8-15(19)18(4)12(3)13-6-5-7-14(16)10-13/h5-7,10-12,17H,8-9H2,1-4H3. The zero-order valence-corrected chi connectivity index (χ0v) is 12.9. The second-order valence-electron chi connectivity index (χ2n) is 5.09. The smallest absolute Gasteiger partial charge is 0.224 e. The molecule has 0 aromatic heterocycles. The Hall–Kier alpha value is -1.06. The molecule has 106 valence electrons. The lowest BCUT2D eigenvalue weighted by molar-refractivity contribution is -0.131. The van der Waals surface area contributed by atoms with Crippen molar-refractivity contribution in [3.8, 4) is 0 Å². The number of carbonyl (C=O) groups is 1. The molecule has 1 aromatic rings. The van der Waals surface area contributed by atoms with Gasteiger partial charge in [-0.05, 0) is 24.6 Å². The van der Waals surface area contributed by atoms with Gasteiger partial charge in [-0.25, -0.2) is 0 Å². The fourth-order valence-electron chi connectivity index (χ4n) is 1.85. The largest absolute Gasteiger partial charge is 0.339 e. The molecule has 1 atom stereocenters. The normalized spacial score (nSPS) is 12.5. The van der Waals surface area contributed by atoms with Crippen LogP contribution in [-0.2, 0) is 4.79 Å². The van der Waals surface area contributed by atoms with E-state index in [1.54, 1.807) is 4.90 Å². The maximum atomic E-state index is 12.1. The number of rotatable bonds is 6. The van der Waals surface area contributed by atoms with Crippen molar-refractivity contribution >= 4 is 17.5 Å². The van der Waals surface area contributed by atoms with E-state index in [4.69, 9.17) is 11.6 Å². The van der Waals surface area contributed by atoms with Crippen molar-refractivity contribution < 1.29 is 4.79 Å². The molecule has 0 spiro atoms. The maximum Gasteiger partial charge on any atom is 0.224 e. The average Bonchev–Trinajstić information content (AvgIpc) is 2.36. The molecule has 4 heteroatoms. The van der Waals surface area contributed by atoms with Gasteiger partial charge in [-0.1, -0.05) is 37.6 Å². The minimum atomic E-state index is 0.0326. The molecule has 0 saturated heterocycles. The molecule has 19 heavy (non-hydrogen) atoms. The van der Waals surface area contributed by atoms with Crippen LogP contribution in [0.3, 0.4) is 0 Å². The van der Waals surface area contributed by atoms with Gasteiger partial charge in [-0.15, -0.1) is 0 Å². The monoisotopic (exact) mass is 282 g/mol. The van der Waals surface area contributed by atoms with Crippen LogP contribution in [0.4, 0.5) is 0 Å². The second kappa shape index (κ2) is 7.51. The van der Waals surface area contributed by atoms with E-state index in [0.717, 1.165) is 5.56 Å². The number of nitrogens with one attached hydrogen (secondary N) is 1. The molecule has 0 aliphatic carbocycles. The van der Waals surface area contributed by atoms with E-state index < -0.39 is 0 Å². The summed E-state index contributed by atoms with van der Waals surface area (Å²) in [5.41, 5.74) is 1.06. The number of amides is 1. The third kappa shape index (κ3) is 5.21. The lowest BCUT2D eigenvalue weighted by Crippen LogP contribution is -2.33. The van der Waals surface area contributed by atoms with Crippen LogP contribution < -0.4 is 5.32 Å². The fraction of sp³-hybridized carbons (Fsp3) is 0.533. The number of carbonyl (C=O) groups excluding carboxylic acids is 1. The number of nitrogens with zero attached hydrogens (tertiary/aromatic N) is 1. The lowest BCUT2D eigenvalue weighted by Gasteiger charge is -2.26. The van der Waals surface area contributed by atoms with Crippen molar-refractivity contribution in [2.24, 2.45) is 0 Å². The van der Waals surface area contributed by atoms with Gasteiger partial charge in [0.25, 0.3) is 0 Å². The number of hydrogen-bond donors (Lipinski definition) is 1. The van der Waals surface area contributed by atoms with Gasteiger partial charge in [0.1, 0.15) is 0 Å². The summed E-state index contributed by atoms with van der Waals surface area (Å²) in [6.07, 6.45) is 0.513. The second-order valence-corrected chi connectivity index (χ2v) is 5.53. The van der Waals surface area contributed by atoms with Crippen LogP contribution in [0.5, 0.6) is 0 Å². The third-order valence-electron chi connectivity index (χ3n) is 3.20. The van der Waals surface area contributed by atoms with Crippen molar-refractivity contribution in [2.75, 3.05) is 13.6 Å². The first-order valence-electron chi connectivity index (χ1n) is 6.66. The van der Waals surface area contributed by atoms with E-state index in [1.165, 1.54) is 0 Å². The molecule has 1 rings (SSSR count). The quantitative estimate of drug-likeness (QED) is 0.869. The maximum absolute atomic E-state index is 12.1. The molecule has 0 bridgehead atoms. The zero-order valence-electron chi connectivity index (χ0n) is 12.1. The summed E-state index contributed by atoms with van der Waals surface area (Å²) in [4.78, 5) is 13.8. The SMILES string of the molecule is CC(C)NCCC(=O)N(C)C(C)c1cccc(Cl)c1. The highest BCUT2D eigenvalue weighted by Gasteiger charge is 2.17. The first-order chi connectivity index (χ1) is 8.91. The van der Waals surface area contributed by atoms with Crippen LogP contribution in [0.15, 0.2) is 24.3 Å². The Morgan fingerprint density at radius 3 is 2.63 bits per heavy atom. The summed E-state index contributed by atoms with van der Waals surface area (Å²) in [5.74, 6) is 0.139. The molecule has 0 aliphatic rings. The van der Waals surface area contributed by atoms with Gasteiger partial charge < -0.3 is 10.2 Å². The van der Waals surface area contributed by atoms with Crippen LogP contribution in [0.25, 0.3) is 0 Å². The van der Waals surface area contributed by atoms with Crippen molar-refractivity contribution in [3.05, 3.63) is 34.9 Å². The Morgan fingerprint density at radius 1 is 1.37 bits per heavy atom. The van der Waals surface area contributed by atoms with Crippen LogP contribution >= 0.6 is 11.6 Å². The Bertz CT molecular complexity index is 420. The van der Waals surface area contributed by atoms with E-state index in [0.29, 0.717) is 24.0 Å². The highest BCUT2D eigenvalue weighted by atomic mass is 35.5. The molecule has 0 radical (unpaired) electrons. The third-order valence-corrected chi connectivity index (χ3v) is 3.43. The summed E-state index contributed by atoms with van der Waals surface area (Å²) in [6.45, 7) is 6.87. The van der Waals surface area contributed by atoms with E-state index in [-0.39, 0.29) is 11.9 Å². The van der Waals surface area contributed by atoms with Gasteiger partial charge in [0.05, 0.1) is 6.04 Å². The highest BCUT2D eigenvalue weighted by Crippen LogP contribution is 2.22. The summed E-state index contributed by atoms with van der Waals surface area (Å²) in [5, 5.41) is 3.95. The van der Waals surface area contributed by atoms with Gasteiger partial charge in [0.15, 0.2) is 0 Å². The predicted octanol–water partition coefficient (Wildman–Crippen LogP) is 3.25. The Kier molecular flexibility index (Phi) is 6.32. The molecule has 1 amide bonds. The topological polar surface area (TPSA) is 32.3 Å². The van der Waals surface area contributed by atoms with E-state index in [9.17, 15) is 4.79 Å². The molecule has 3 nitrogen and oxygen atoms in total. The van der Waals surface area contributed by atoms with Crippen molar-refractivity contribution in [2.45, 2.75) is 39.3 Å². The first-order valence-corrected chi connectivity index (χ1v) is 7.04. The molecule has 0 heterocycles. The molecular formula is C15H23ClN2O. The molecule has 1 N–H and O–H groups in total. The van der Waals surface area contributed by atoms with Crippen molar-refractivity contribution in [1.29, 1.82) is 0 Å². The highest BCUT2D eigenvalue weighted by molar-refractivity contribution is 6.30.